The quantitative estimate of drug-likeness (QED) is 0.546. The Morgan fingerprint density at radius 1 is 1.08 bits per heavy atom. The third-order valence-electron chi connectivity index (χ3n) is 3.69. The van der Waals surface area contributed by atoms with Crippen molar-refractivity contribution < 1.29 is 13.9 Å². The molecular formula is C21H16N2O3. The van der Waals surface area contributed by atoms with Crippen LogP contribution in [0.2, 0.25) is 0 Å². The Kier molecular flexibility index (Phi) is 5.16. The van der Waals surface area contributed by atoms with Gasteiger partial charge in [0.05, 0.1) is 12.8 Å². The fraction of sp³-hybridized carbons (Fsp3) is 0.0476. The minimum atomic E-state index is -0.533. The predicted octanol–water partition coefficient (Wildman–Crippen LogP) is 4.50. The summed E-state index contributed by atoms with van der Waals surface area (Å²) in [4.78, 5) is 12.4. The highest BCUT2D eigenvalue weighted by Crippen LogP contribution is 2.25. The highest BCUT2D eigenvalue weighted by atomic mass is 16.5. The van der Waals surface area contributed by atoms with E-state index in [9.17, 15) is 10.1 Å². The Morgan fingerprint density at radius 3 is 2.54 bits per heavy atom. The fourth-order valence-corrected chi connectivity index (χ4v) is 2.42. The van der Waals surface area contributed by atoms with Gasteiger partial charge < -0.3 is 14.5 Å². The highest BCUT2D eigenvalue weighted by Gasteiger charge is 2.13. The summed E-state index contributed by atoms with van der Waals surface area (Å²) >= 11 is 0. The van der Waals surface area contributed by atoms with Crippen LogP contribution in [-0.4, -0.2) is 13.0 Å². The second-order valence-electron chi connectivity index (χ2n) is 5.39. The Labute approximate surface area is 151 Å². The van der Waals surface area contributed by atoms with E-state index in [0.29, 0.717) is 23.0 Å². The second kappa shape index (κ2) is 7.86. The van der Waals surface area contributed by atoms with Gasteiger partial charge in [0.2, 0.25) is 0 Å². The van der Waals surface area contributed by atoms with Gasteiger partial charge in [-0.1, -0.05) is 42.5 Å². The van der Waals surface area contributed by atoms with Gasteiger partial charge in [0.15, 0.2) is 0 Å². The average Bonchev–Trinajstić information content (AvgIpc) is 3.16. The summed E-state index contributed by atoms with van der Waals surface area (Å²) in [5.41, 5.74) is 1.35. The molecule has 0 saturated heterocycles. The predicted molar refractivity (Wildman–Crippen MR) is 99.4 cm³/mol. The molecule has 2 aromatic carbocycles. The third-order valence-corrected chi connectivity index (χ3v) is 3.69. The number of para-hydroxylation sites is 2. The van der Waals surface area contributed by atoms with Gasteiger partial charge in [-0.25, -0.2) is 0 Å². The zero-order chi connectivity index (χ0) is 18.4. The van der Waals surface area contributed by atoms with E-state index in [-0.39, 0.29) is 5.57 Å². The molecular weight excluding hydrogens is 328 g/mol. The van der Waals surface area contributed by atoms with Gasteiger partial charge >= 0.3 is 0 Å². The summed E-state index contributed by atoms with van der Waals surface area (Å²) in [7, 11) is 1.51. The van der Waals surface area contributed by atoms with Crippen LogP contribution in [0.5, 0.6) is 5.75 Å². The van der Waals surface area contributed by atoms with E-state index in [1.165, 1.54) is 13.2 Å². The SMILES string of the molecule is COc1ccccc1NC(=O)/C(C#N)=C/c1ccc(-c2ccccc2)o1. The number of methoxy groups -OCH3 is 1. The van der Waals surface area contributed by atoms with Crippen molar-refractivity contribution in [3.63, 3.8) is 0 Å². The van der Waals surface area contributed by atoms with Gasteiger partial charge in [-0.05, 0) is 24.3 Å². The molecule has 0 bridgehead atoms. The smallest absolute Gasteiger partial charge is 0.266 e. The van der Waals surface area contributed by atoms with Crippen molar-refractivity contribution in [3.8, 4) is 23.1 Å². The minimum Gasteiger partial charge on any atom is -0.495 e. The number of carbonyl (C=O) groups excluding carboxylic acids is 1. The molecule has 0 aliphatic heterocycles. The number of carbonyl (C=O) groups is 1. The van der Waals surface area contributed by atoms with Crippen LogP contribution in [0, 0.1) is 11.3 Å². The summed E-state index contributed by atoms with van der Waals surface area (Å²) in [6.07, 6.45) is 1.41. The van der Waals surface area contributed by atoms with Gasteiger partial charge in [0.25, 0.3) is 5.91 Å². The van der Waals surface area contributed by atoms with E-state index in [1.54, 1.807) is 36.4 Å². The molecule has 0 unspecified atom stereocenters. The Morgan fingerprint density at radius 2 is 1.81 bits per heavy atom. The van der Waals surface area contributed by atoms with E-state index < -0.39 is 5.91 Å². The van der Waals surface area contributed by atoms with Crippen molar-refractivity contribution in [2.24, 2.45) is 0 Å². The Hall–Kier alpha value is -3.78. The summed E-state index contributed by atoms with van der Waals surface area (Å²) < 4.78 is 10.9. The van der Waals surface area contributed by atoms with Crippen LogP contribution in [0.25, 0.3) is 17.4 Å². The van der Waals surface area contributed by atoms with Gasteiger partial charge in [0, 0.05) is 11.6 Å². The summed E-state index contributed by atoms with van der Waals surface area (Å²) in [5.74, 6) is 1.08. The number of amides is 1. The van der Waals surface area contributed by atoms with E-state index >= 15 is 0 Å². The molecule has 1 amide bonds. The topological polar surface area (TPSA) is 75.3 Å². The first kappa shape index (κ1) is 17.1. The molecule has 1 aromatic heterocycles. The van der Waals surface area contributed by atoms with Crippen molar-refractivity contribution in [2.45, 2.75) is 0 Å². The lowest BCUT2D eigenvalue weighted by atomic mass is 10.2. The molecule has 0 saturated carbocycles. The standard InChI is InChI=1S/C21H16N2O3/c1-25-20-10-6-5-9-18(20)23-21(24)16(14-22)13-17-11-12-19(26-17)15-7-3-2-4-8-15/h2-13H,1H3,(H,23,24)/b16-13+. The van der Waals surface area contributed by atoms with E-state index in [0.717, 1.165) is 5.56 Å². The first-order valence-electron chi connectivity index (χ1n) is 7.92. The first-order valence-corrected chi connectivity index (χ1v) is 7.92. The van der Waals surface area contributed by atoms with Crippen LogP contribution >= 0.6 is 0 Å². The largest absolute Gasteiger partial charge is 0.495 e. The van der Waals surface area contributed by atoms with Crippen LogP contribution in [-0.2, 0) is 4.79 Å². The number of rotatable bonds is 5. The number of hydrogen-bond donors (Lipinski definition) is 1. The zero-order valence-corrected chi connectivity index (χ0v) is 14.1. The van der Waals surface area contributed by atoms with Crippen molar-refractivity contribution in [2.75, 3.05) is 12.4 Å². The number of ether oxygens (including phenoxy) is 1. The normalized spacial score (nSPS) is 10.8. The molecule has 0 spiro atoms. The number of nitriles is 1. The van der Waals surface area contributed by atoms with E-state index in [2.05, 4.69) is 5.32 Å². The molecule has 0 atom stereocenters. The second-order valence-corrected chi connectivity index (χ2v) is 5.39. The Bertz CT molecular complexity index is 982. The maximum absolute atomic E-state index is 12.4. The minimum absolute atomic E-state index is 0.0649. The van der Waals surface area contributed by atoms with Gasteiger partial charge in [-0.2, -0.15) is 5.26 Å². The number of benzene rings is 2. The number of anilines is 1. The third kappa shape index (κ3) is 3.82. The number of hydrogen-bond acceptors (Lipinski definition) is 4. The highest BCUT2D eigenvalue weighted by molar-refractivity contribution is 6.10. The average molecular weight is 344 g/mol. The molecule has 0 fully saturated rings. The van der Waals surface area contributed by atoms with Crippen LogP contribution in [0.1, 0.15) is 5.76 Å². The zero-order valence-electron chi connectivity index (χ0n) is 14.1. The molecule has 1 N–H and O–H groups in total. The van der Waals surface area contributed by atoms with Crippen LogP contribution in [0.15, 0.2) is 76.7 Å². The molecule has 0 aliphatic carbocycles. The number of nitrogens with zero attached hydrogens (tertiary/aromatic N) is 1. The van der Waals surface area contributed by atoms with Gasteiger partial charge in [-0.15, -0.1) is 0 Å². The Balaban J connectivity index is 1.81. The fourth-order valence-electron chi connectivity index (χ4n) is 2.42. The van der Waals surface area contributed by atoms with Crippen molar-refractivity contribution in [1.29, 1.82) is 5.26 Å². The van der Waals surface area contributed by atoms with Crippen LogP contribution in [0.3, 0.4) is 0 Å². The van der Waals surface area contributed by atoms with Crippen LogP contribution in [0.4, 0.5) is 5.69 Å². The molecule has 1 heterocycles. The molecule has 3 aromatic rings. The van der Waals surface area contributed by atoms with Crippen molar-refractivity contribution in [1.82, 2.24) is 0 Å². The molecule has 128 valence electrons. The number of nitrogens with one attached hydrogen (secondary N) is 1. The molecule has 3 rings (SSSR count). The first-order chi connectivity index (χ1) is 12.7. The number of furan rings is 1. The van der Waals surface area contributed by atoms with E-state index in [4.69, 9.17) is 9.15 Å². The maximum atomic E-state index is 12.4. The molecule has 5 heteroatoms. The molecule has 0 aliphatic rings. The molecule has 0 radical (unpaired) electrons. The lowest BCUT2D eigenvalue weighted by Gasteiger charge is -2.08. The summed E-state index contributed by atoms with van der Waals surface area (Å²) in [5, 5.41) is 12.0. The monoisotopic (exact) mass is 344 g/mol. The van der Waals surface area contributed by atoms with Crippen LogP contribution < -0.4 is 10.1 Å². The van der Waals surface area contributed by atoms with E-state index in [1.807, 2.05) is 36.4 Å². The molecule has 26 heavy (non-hydrogen) atoms. The van der Waals surface area contributed by atoms with Crippen molar-refractivity contribution in [3.05, 3.63) is 78.1 Å². The molecule has 5 nitrogen and oxygen atoms in total. The summed E-state index contributed by atoms with van der Waals surface area (Å²) in [6, 6.07) is 22.0. The lowest BCUT2D eigenvalue weighted by molar-refractivity contribution is -0.112. The van der Waals surface area contributed by atoms with Crippen molar-refractivity contribution >= 4 is 17.7 Å². The van der Waals surface area contributed by atoms with Gasteiger partial charge in [0.1, 0.15) is 28.9 Å². The van der Waals surface area contributed by atoms with Gasteiger partial charge in [-0.3, -0.25) is 4.79 Å². The summed E-state index contributed by atoms with van der Waals surface area (Å²) in [6.45, 7) is 0. The maximum Gasteiger partial charge on any atom is 0.266 e. The lowest BCUT2D eigenvalue weighted by Crippen LogP contribution is -2.14.